The molecule has 1 atom stereocenters. The van der Waals surface area contributed by atoms with Gasteiger partial charge in [-0.2, -0.15) is 0 Å². The van der Waals surface area contributed by atoms with Gasteiger partial charge in [-0.15, -0.1) is 0 Å². The molecule has 0 amide bonds. The van der Waals surface area contributed by atoms with Crippen molar-refractivity contribution in [1.82, 2.24) is 5.32 Å². The van der Waals surface area contributed by atoms with Crippen LogP contribution in [-0.4, -0.2) is 11.2 Å². The Bertz CT molecular complexity index is 584. The first kappa shape index (κ1) is 16.3. The Hall–Kier alpha value is -2.07. The van der Waals surface area contributed by atoms with Crippen molar-refractivity contribution < 1.29 is 4.74 Å². The van der Waals surface area contributed by atoms with Gasteiger partial charge in [0.25, 0.3) is 0 Å². The summed E-state index contributed by atoms with van der Waals surface area (Å²) in [4.78, 5) is 0. The molecule has 0 aliphatic carbocycles. The van der Waals surface area contributed by atoms with E-state index >= 15 is 0 Å². The van der Waals surface area contributed by atoms with E-state index in [1.807, 2.05) is 54.6 Å². The molecule has 116 valence electrons. The van der Waals surface area contributed by atoms with Crippen LogP contribution in [-0.2, 0) is 0 Å². The number of hydrogen-bond acceptors (Lipinski definition) is 2. The average molecular weight is 314 g/mol. The van der Waals surface area contributed by atoms with Crippen LogP contribution in [0.3, 0.4) is 0 Å². The van der Waals surface area contributed by atoms with E-state index in [4.69, 9.17) is 17.0 Å². The van der Waals surface area contributed by atoms with Gasteiger partial charge in [-0.3, -0.25) is 0 Å². The van der Waals surface area contributed by atoms with Gasteiger partial charge < -0.3 is 15.4 Å². The molecule has 0 radical (unpaired) electrons. The second-order valence-electron chi connectivity index (χ2n) is 5.23. The minimum Gasteiger partial charge on any atom is -0.457 e. The first-order valence-electron chi connectivity index (χ1n) is 7.58. The van der Waals surface area contributed by atoms with E-state index in [9.17, 15) is 0 Å². The fourth-order valence-corrected chi connectivity index (χ4v) is 2.45. The van der Waals surface area contributed by atoms with Crippen LogP contribution in [0.2, 0.25) is 0 Å². The molecule has 0 aliphatic heterocycles. The smallest absolute Gasteiger partial charge is 0.170 e. The lowest BCUT2D eigenvalue weighted by Crippen LogP contribution is -2.35. The van der Waals surface area contributed by atoms with Crippen molar-refractivity contribution in [1.29, 1.82) is 0 Å². The molecule has 0 spiro atoms. The molecule has 0 bridgehead atoms. The Balaban J connectivity index is 1.88. The normalized spacial score (nSPS) is 11.5. The third kappa shape index (κ3) is 5.37. The van der Waals surface area contributed by atoms with E-state index in [2.05, 4.69) is 24.5 Å². The van der Waals surface area contributed by atoms with Gasteiger partial charge in [0.2, 0.25) is 0 Å². The molecular formula is C18H22N2OS. The van der Waals surface area contributed by atoms with Crippen LogP contribution in [0.25, 0.3) is 0 Å². The Morgan fingerprint density at radius 3 is 2.32 bits per heavy atom. The molecule has 2 rings (SSSR count). The zero-order valence-corrected chi connectivity index (χ0v) is 13.8. The highest BCUT2D eigenvalue weighted by molar-refractivity contribution is 7.80. The van der Waals surface area contributed by atoms with Gasteiger partial charge >= 0.3 is 0 Å². The van der Waals surface area contributed by atoms with E-state index in [1.165, 1.54) is 0 Å². The average Bonchev–Trinajstić information content (AvgIpc) is 2.50. The first-order valence-corrected chi connectivity index (χ1v) is 7.98. The predicted molar refractivity (Wildman–Crippen MR) is 96.7 cm³/mol. The van der Waals surface area contributed by atoms with Crippen LogP contribution >= 0.6 is 12.2 Å². The Morgan fingerprint density at radius 2 is 1.68 bits per heavy atom. The van der Waals surface area contributed by atoms with E-state index < -0.39 is 0 Å². The molecule has 0 fully saturated rings. The SMILES string of the molecule is CCCC(C)NC(=S)Nc1ccc(Oc2ccccc2)cc1. The quantitative estimate of drug-likeness (QED) is 0.739. The van der Waals surface area contributed by atoms with Gasteiger partial charge in [-0.05, 0) is 62.0 Å². The summed E-state index contributed by atoms with van der Waals surface area (Å²) in [5.41, 5.74) is 0.946. The van der Waals surface area contributed by atoms with Gasteiger partial charge in [0.1, 0.15) is 11.5 Å². The topological polar surface area (TPSA) is 33.3 Å². The lowest BCUT2D eigenvalue weighted by atomic mass is 10.2. The minimum absolute atomic E-state index is 0.380. The maximum absolute atomic E-state index is 5.76. The number of nitrogens with one attached hydrogen (secondary N) is 2. The summed E-state index contributed by atoms with van der Waals surface area (Å²) in [6.07, 6.45) is 2.24. The number of ether oxygens (including phenoxy) is 1. The van der Waals surface area contributed by atoms with Crippen LogP contribution in [0.5, 0.6) is 11.5 Å². The molecule has 2 aromatic carbocycles. The molecule has 0 aliphatic rings. The number of anilines is 1. The Kier molecular flexibility index (Phi) is 6.22. The number of para-hydroxylation sites is 1. The summed E-state index contributed by atoms with van der Waals surface area (Å²) >= 11 is 5.31. The van der Waals surface area contributed by atoms with E-state index in [-0.39, 0.29) is 0 Å². The van der Waals surface area contributed by atoms with Crippen molar-refractivity contribution in [3.63, 3.8) is 0 Å². The molecule has 0 saturated carbocycles. The highest BCUT2D eigenvalue weighted by Gasteiger charge is 2.03. The first-order chi connectivity index (χ1) is 10.7. The fourth-order valence-electron chi connectivity index (χ4n) is 2.13. The predicted octanol–water partition coefficient (Wildman–Crippen LogP) is 4.95. The molecule has 2 aromatic rings. The van der Waals surface area contributed by atoms with E-state index in [0.29, 0.717) is 11.2 Å². The summed E-state index contributed by atoms with van der Waals surface area (Å²) in [7, 11) is 0. The molecule has 0 aromatic heterocycles. The van der Waals surface area contributed by atoms with E-state index in [0.717, 1.165) is 30.0 Å². The van der Waals surface area contributed by atoms with Crippen molar-refractivity contribution in [2.24, 2.45) is 0 Å². The summed E-state index contributed by atoms with van der Waals surface area (Å²) in [5.74, 6) is 1.63. The van der Waals surface area contributed by atoms with Crippen molar-refractivity contribution in [3.05, 3.63) is 54.6 Å². The molecular weight excluding hydrogens is 292 g/mol. The molecule has 22 heavy (non-hydrogen) atoms. The number of hydrogen-bond donors (Lipinski definition) is 2. The standard InChI is InChI=1S/C18H22N2OS/c1-3-7-14(2)19-18(22)20-15-10-12-17(13-11-15)21-16-8-5-4-6-9-16/h4-6,8-14H,3,7H2,1-2H3,(H2,19,20,22). The Labute approximate surface area is 137 Å². The van der Waals surface area contributed by atoms with Crippen LogP contribution in [0.1, 0.15) is 26.7 Å². The summed E-state index contributed by atoms with van der Waals surface area (Å²) < 4.78 is 5.76. The number of benzene rings is 2. The summed E-state index contributed by atoms with van der Waals surface area (Å²) in [6.45, 7) is 4.30. The highest BCUT2D eigenvalue weighted by atomic mass is 32.1. The molecule has 3 nitrogen and oxygen atoms in total. The summed E-state index contributed by atoms with van der Waals surface area (Å²) in [6, 6.07) is 17.9. The lowest BCUT2D eigenvalue weighted by Gasteiger charge is -2.16. The number of thiocarbonyl (C=S) groups is 1. The molecule has 0 heterocycles. The monoisotopic (exact) mass is 314 g/mol. The third-order valence-corrected chi connectivity index (χ3v) is 3.41. The van der Waals surface area contributed by atoms with Crippen LogP contribution in [0.4, 0.5) is 5.69 Å². The van der Waals surface area contributed by atoms with Gasteiger partial charge in [0.15, 0.2) is 5.11 Å². The largest absolute Gasteiger partial charge is 0.457 e. The lowest BCUT2D eigenvalue weighted by molar-refractivity contribution is 0.483. The van der Waals surface area contributed by atoms with Crippen LogP contribution < -0.4 is 15.4 Å². The third-order valence-electron chi connectivity index (χ3n) is 3.19. The maximum Gasteiger partial charge on any atom is 0.170 e. The van der Waals surface area contributed by atoms with Gasteiger partial charge in [-0.25, -0.2) is 0 Å². The van der Waals surface area contributed by atoms with E-state index in [1.54, 1.807) is 0 Å². The minimum atomic E-state index is 0.380. The molecule has 1 unspecified atom stereocenters. The fraction of sp³-hybridized carbons (Fsp3) is 0.278. The van der Waals surface area contributed by atoms with Crippen LogP contribution in [0, 0.1) is 0 Å². The second kappa shape index (κ2) is 8.39. The zero-order chi connectivity index (χ0) is 15.8. The van der Waals surface area contributed by atoms with Crippen molar-refractivity contribution in [2.45, 2.75) is 32.7 Å². The number of rotatable bonds is 6. The maximum atomic E-state index is 5.76. The molecule has 0 saturated heterocycles. The van der Waals surface area contributed by atoms with Crippen molar-refractivity contribution >= 4 is 23.0 Å². The zero-order valence-electron chi connectivity index (χ0n) is 13.0. The summed E-state index contributed by atoms with van der Waals surface area (Å²) in [5, 5.41) is 7.11. The van der Waals surface area contributed by atoms with Gasteiger partial charge in [0.05, 0.1) is 0 Å². The van der Waals surface area contributed by atoms with Crippen LogP contribution in [0.15, 0.2) is 54.6 Å². The second-order valence-corrected chi connectivity index (χ2v) is 5.64. The molecule has 4 heteroatoms. The van der Waals surface area contributed by atoms with Crippen molar-refractivity contribution in [2.75, 3.05) is 5.32 Å². The van der Waals surface area contributed by atoms with Gasteiger partial charge in [-0.1, -0.05) is 31.5 Å². The highest BCUT2D eigenvalue weighted by Crippen LogP contribution is 2.22. The van der Waals surface area contributed by atoms with Gasteiger partial charge in [0, 0.05) is 11.7 Å². The molecule has 2 N–H and O–H groups in total. The van der Waals surface area contributed by atoms with Crippen molar-refractivity contribution in [3.8, 4) is 11.5 Å². The Morgan fingerprint density at radius 1 is 1.05 bits per heavy atom.